The molecule has 1 saturated carbocycles. The van der Waals surface area contributed by atoms with Gasteiger partial charge in [-0.1, -0.05) is 6.92 Å². The van der Waals surface area contributed by atoms with Crippen LogP contribution in [0.1, 0.15) is 32.6 Å². The molecular formula is C11H22O4S. The highest BCUT2D eigenvalue weighted by molar-refractivity contribution is 7.91. The van der Waals surface area contributed by atoms with E-state index < -0.39 is 15.9 Å². The summed E-state index contributed by atoms with van der Waals surface area (Å²) in [5, 5.41) is 9.87. The van der Waals surface area contributed by atoms with Gasteiger partial charge < -0.3 is 9.84 Å². The fourth-order valence-corrected chi connectivity index (χ4v) is 2.80. The number of aliphatic hydroxyl groups is 1. The average Bonchev–Trinajstić information content (AvgIpc) is 3.03. The van der Waals surface area contributed by atoms with Crippen molar-refractivity contribution in [2.75, 3.05) is 18.6 Å². The van der Waals surface area contributed by atoms with Gasteiger partial charge in [0.1, 0.15) is 9.84 Å². The quantitative estimate of drug-likeness (QED) is 0.697. The van der Waals surface area contributed by atoms with Gasteiger partial charge in [0.05, 0.1) is 18.0 Å². The molecule has 2 unspecified atom stereocenters. The van der Waals surface area contributed by atoms with Crippen molar-refractivity contribution in [2.45, 2.75) is 44.8 Å². The Kier molecular flexibility index (Phi) is 5.21. The van der Waals surface area contributed by atoms with Gasteiger partial charge in [-0.05, 0) is 31.6 Å². The van der Waals surface area contributed by atoms with Crippen LogP contribution >= 0.6 is 0 Å². The third-order valence-corrected chi connectivity index (χ3v) is 4.92. The Balaban J connectivity index is 2.26. The molecule has 1 aliphatic carbocycles. The number of ether oxygens (including phenoxy) is 1. The van der Waals surface area contributed by atoms with Gasteiger partial charge in [-0.25, -0.2) is 8.42 Å². The van der Waals surface area contributed by atoms with Gasteiger partial charge in [0.25, 0.3) is 0 Å². The molecule has 1 fully saturated rings. The summed E-state index contributed by atoms with van der Waals surface area (Å²) in [6.07, 6.45) is 2.62. The van der Waals surface area contributed by atoms with Crippen molar-refractivity contribution < 1.29 is 18.3 Å². The molecule has 0 heterocycles. The molecule has 0 bridgehead atoms. The van der Waals surface area contributed by atoms with E-state index in [0.29, 0.717) is 18.8 Å². The molecule has 1 aliphatic rings. The van der Waals surface area contributed by atoms with Crippen LogP contribution in [-0.2, 0) is 14.6 Å². The predicted octanol–water partition coefficient (Wildman–Crippen LogP) is 0.987. The number of sulfone groups is 1. The van der Waals surface area contributed by atoms with E-state index in [0.717, 1.165) is 12.8 Å². The van der Waals surface area contributed by atoms with Crippen LogP contribution in [0, 0.1) is 5.92 Å². The molecule has 16 heavy (non-hydrogen) atoms. The largest absolute Gasteiger partial charge is 0.390 e. The summed E-state index contributed by atoms with van der Waals surface area (Å²) in [7, 11) is -1.30. The zero-order valence-electron chi connectivity index (χ0n) is 10.1. The first-order valence-electron chi connectivity index (χ1n) is 5.91. The lowest BCUT2D eigenvalue weighted by molar-refractivity contribution is -0.0280. The highest BCUT2D eigenvalue weighted by atomic mass is 32.2. The molecular weight excluding hydrogens is 228 g/mol. The van der Waals surface area contributed by atoms with Gasteiger partial charge in [-0.2, -0.15) is 0 Å². The Labute approximate surface area is 97.9 Å². The first kappa shape index (κ1) is 13.9. The maximum atomic E-state index is 11.3. The molecule has 0 radical (unpaired) electrons. The Hall–Kier alpha value is -0.130. The molecule has 0 saturated heterocycles. The van der Waals surface area contributed by atoms with Crippen molar-refractivity contribution in [1.29, 1.82) is 0 Å². The first-order valence-corrected chi connectivity index (χ1v) is 7.73. The van der Waals surface area contributed by atoms with Crippen molar-refractivity contribution in [3.05, 3.63) is 0 Å². The predicted molar refractivity (Wildman–Crippen MR) is 63.1 cm³/mol. The molecule has 96 valence electrons. The Bertz CT molecular complexity index is 295. The van der Waals surface area contributed by atoms with Crippen LogP contribution in [0.2, 0.25) is 0 Å². The number of hydrogen-bond donors (Lipinski definition) is 1. The van der Waals surface area contributed by atoms with Crippen molar-refractivity contribution in [3.8, 4) is 0 Å². The van der Waals surface area contributed by atoms with E-state index in [1.165, 1.54) is 0 Å². The van der Waals surface area contributed by atoms with Crippen LogP contribution < -0.4 is 0 Å². The molecule has 0 spiro atoms. The maximum Gasteiger partial charge on any atom is 0.150 e. The third-order valence-electron chi connectivity index (χ3n) is 3.13. The second kappa shape index (κ2) is 5.98. The minimum Gasteiger partial charge on any atom is -0.390 e. The number of rotatable bonds is 8. The second-order valence-electron chi connectivity index (χ2n) is 4.48. The van der Waals surface area contributed by atoms with Crippen LogP contribution in [0.15, 0.2) is 0 Å². The van der Waals surface area contributed by atoms with Gasteiger partial charge >= 0.3 is 0 Å². The smallest absolute Gasteiger partial charge is 0.150 e. The van der Waals surface area contributed by atoms with Gasteiger partial charge in [-0.15, -0.1) is 0 Å². The van der Waals surface area contributed by atoms with Crippen LogP contribution in [0.3, 0.4) is 0 Å². The minimum absolute atomic E-state index is 0.107. The second-order valence-corrected chi connectivity index (χ2v) is 6.96. The molecule has 1 rings (SSSR count). The standard InChI is InChI=1S/C11H22O4S/c1-3-16(13,14)8-4-5-10(12)11(15-2)9-6-7-9/h9-12H,3-8H2,1-2H3. The third kappa shape index (κ3) is 4.39. The lowest BCUT2D eigenvalue weighted by Crippen LogP contribution is -2.30. The van der Waals surface area contributed by atoms with Crippen molar-refractivity contribution in [3.63, 3.8) is 0 Å². The number of methoxy groups -OCH3 is 1. The minimum atomic E-state index is -2.90. The van der Waals surface area contributed by atoms with Crippen LogP contribution in [-0.4, -0.2) is 44.3 Å². The highest BCUT2D eigenvalue weighted by Crippen LogP contribution is 2.36. The SMILES string of the molecule is CCS(=O)(=O)CCCC(O)C(OC)C1CC1. The van der Waals surface area contributed by atoms with E-state index in [4.69, 9.17) is 4.74 Å². The molecule has 0 amide bonds. The molecule has 2 atom stereocenters. The van der Waals surface area contributed by atoms with E-state index in [2.05, 4.69) is 0 Å². The summed E-state index contributed by atoms with van der Waals surface area (Å²) >= 11 is 0. The van der Waals surface area contributed by atoms with Crippen molar-refractivity contribution in [1.82, 2.24) is 0 Å². The molecule has 0 aliphatic heterocycles. The van der Waals surface area contributed by atoms with Crippen LogP contribution in [0.4, 0.5) is 0 Å². The highest BCUT2D eigenvalue weighted by Gasteiger charge is 2.35. The molecule has 4 nitrogen and oxygen atoms in total. The monoisotopic (exact) mass is 250 g/mol. The van der Waals surface area contributed by atoms with Gasteiger partial charge in [0.2, 0.25) is 0 Å². The molecule has 0 aromatic heterocycles. The fourth-order valence-electron chi connectivity index (χ4n) is 1.91. The molecule has 1 N–H and O–H groups in total. The first-order chi connectivity index (χ1) is 7.50. The summed E-state index contributed by atoms with van der Waals surface area (Å²) in [5.74, 6) is 0.823. The number of aliphatic hydroxyl groups excluding tert-OH is 1. The topological polar surface area (TPSA) is 63.6 Å². The lowest BCUT2D eigenvalue weighted by Gasteiger charge is -2.21. The molecule has 0 aromatic rings. The zero-order valence-corrected chi connectivity index (χ0v) is 10.9. The van der Waals surface area contributed by atoms with Crippen LogP contribution in [0.5, 0.6) is 0 Å². The summed E-state index contributed by atoms with van der Waals surface area (Å²) < 4.78 is 27.8. The van der Waals surface area contributed by atoms with E-state index in [1.807, 2.05) is 0 Å². The van der Waals surface area contributed by atoms with Gasteiger partial charge in [0, 0.05) is 12.9 Å². The van der Waals surface area contributed by atoms with E-state index >= 15 is 0 Å². The van der Waals surface area contributed by atoms with Gasteiger partial charge in [0.15, 0.2) is 0 Å². The summed E-state index contributed by atoms with van der Waals surface area (Å²) in [6, 6.07) is 0. The Morgan fingerprint density at radius 1 is 1.44 bits per heavy atom. The van der Waals surface area contributed by atoms with E-state index in [1.54, 1.807) is 14.0 Å². The summed E-state index contributed by atoms with van der Waals surface area (Å²) in [4.78, 5) is 0. The molecule has 5 heteroatoms. The Morgan fingerprint density at radius 2 is 2.06 bits per heavy atom. The normalized spacial score (nSPS) is 20.7. The summed E-state index contributed by atoms with van der Waals surface area (Å²) in [5.41, 5.74) is 0. The van der Waals surface area contributed by atoms with Crippen LogP contribution in [0.25, 0.3) is 0 Å². The van der Waals surface area contributed by atoms with E-state index in [9.17, 15) is 13.5 Å². The van der Waals surface area contributed by atoms with Crippen molar-refractivity contribution in [2.24, 2.45) is 5.92 Å². The number of hydrogen-bond acceptors (Lipinski definition) is 4. The maximum absolute atomic E-state index is 11.3. The molecule has 0 aromatic carbocycles. The van der Waals surface area contributed by atoms with Gasteiger partial charge in [-0.3, -0.25) is 0 Å². The average molecular weight is 250 g/mol. The zero-order chi connectivity index (χ0) is 12.2. The summed E-state index contributed by atoms with van der Waals surface area (Å²) in [6.45, 7) is 1.65. The Morgan fingerprint density at radius 3 is 2.50 bits per heavy atom. The lowest BCUT2D eigenvalue weighted by atomic mass is 10.1. The van der Waals surface area contributed by atoms with Crippen molar-refractivity contribution >= 4 is 9.84 Å². The van der Waals surface area contributed by atoms with E-state index in [-0.39, 0.29) is 17.6 Å². The fraction of sp³-hybridized carbons (Fsp3) is 1.00.